The lowest BCUT2D eigenvalue weighted by molar-refractivity contribution is 0.0940. The maximum absolute atomic E-state index is 12.3. The van der Waals surface area contributed by atoms with Crippen molar-refractivity contribution in [3.05, 3.63) is 77.9 Å². The van der Waals surface area contributed by atoms with Crippen LogP contribution in [0.2, 0.25) is 0 Å². The molecule has 2 N–H and O–H groups in total. The molecule has 0 aliphatic heterocycles. The number of hydrogen-bond donors (Lipinski definition) is 2. The quantitative estimate of drug-likeness (QED) is 0.765. The third-order valence-corrected chi connectivity index (χ3v) is 3.76. The Bertz CT molecular complexity index is 812. The molecular formula is C19H17NO2. The fourth-order valence-corrected chi connectivity index (χ4v) is 2.68. The first-order valence-corrected chi connectivity index (χ1v) is 7.23. The van der Waals surface area contributed by atoms with Gasteiger partial charge in [-0.1, -0.05) is 48.5 Å². The lowest BCUT2D eigenvalue weighted by Crippen LogP contribution is -2.26. The van der Waals surface area contributed by atoms with Crippen LogP contribution in [-0.2, 0) is 0 Å². The Morgan fingerprint density at radius 3 is 2.41 bits per heavy atom. The third-order valence-electron chi connectivity index (χ3n) is 3.76. The van der Waals surface area contributed by atoms with E-state index in [1.165, 1.54) is 0 Å². The average Bonchev–Trinajstić information content (AvgIpc) is 2.55. The Hall–Kier alpha value is -2.81. The fourth-order valence-electron chi connectivity index (χ4n) is 2.68. The van der Waals surface area contributed by atoms with E-state index in [1.54, 1.807) is 18.2 Å². The van der Waals surface area contributed by atoms with Gasteiger partial charge in [0.15, 0.2) is 0 Å². The van der Waals surface area contributed by atoms with E-state index in [0.717, 1.165) is 16.3 Å². The summed E-state index contributed by atoms with van der Waals surface area (Å²) in [6.45, 7) is 1.88. The van der Waals surface area contributed by atoms with Gasteiger partial charge in [0.25, 0.3) is 5.91 Å². The summed E-state index contributed by atoms with van der Waals surface area (Å²) in [6.07, 6.45) is 0. The van der Waals surface area contributed by atoms with Crippen molar-refractivity contribution in [3.8, 4) is 5.75 Å². The summed E-state index contributed by atoms with van der Waals surface area (Å²) in [7, 11) is 0. The highest BCUT2D eigenvalue weighted by molar-refractivity contribution is 5.95. The Balaban J connectivity index is 1.94. The molecule has 0 bridgehead atoms. The molecule has 3 aromatic rings. The second kappa shape index (κ2) is 5.90. The normalized spacial score (nSPS) is 12.0. The van der Waals surface area contributed by atoms with Crippen molar-refractivity contribution < 1.29 is 9.90 Å². The van der Waals surface area contributed by atoms with E-state index in [0.29, 0.717) is 5.56 Å². The van der Waals surface area contributed by atoms with Crippen molar-refractivity contribution in [3.63, 3.8) is 0 Å². The minimum absolute atomic E-state index is 0.152. The topological polar surface area (TPSA) is 49.3 Å². The number of carbonyl (C=O) groups is 1. The molecule has 0 aliphatic rings. The standard InChI is InChI=1S/C19H17NO2/c1-13(20-19(22)15-8-3-2-4-9-15)18-16-10-6-5-7-14(16)11-12-17(18)21/h2-13,21H,1H3,(H,20,22). The van der Waals surface area contributed by atoms with E-state index < -0.39 is 0 Å². The number of benzene rings is 3. The van der Waals surface area contributed by atoms with Crippen molar-refractivity contribution in [1.82, 2.24) is 5.32 Å². The van der Waals surface area contributed by atoms with Crippen molar-refractivity contribution in [2.75, 3.05) is 0 Å². The number of aromatic hydroxyl groups is 1. The van der Waals surface area contributed by atoms with E-state index in [9.17, 15) is 9.90 Å². The molecule has 1 atom stereocenters. The molecule has 22 heavy (non-hydrogen) atoms. The number of phenols is 1. The first-order chi connectivity index (χ1) is 10.7. The third kappa shape index (κ3) is 2.66. The summed E-state index contributed by atoms with van der Waals surface area (Å²) in [5.41, 5.74) is 1.34. The number of rotatable bonds is 3. The van der Waals surface area contributed by atoms with Crippen LogP contribution in [0.15, 0.2) is 66.7 Å². The zero-order chi connectivity index (χ0) is 15.5. The predicted octanol–water partition coefficient (Wildman–Crippen LogP) is 4.04. The maximum atomic E-state index is 12.3. The molecule has 0 aliphatic carbocycles. The summed E-state index contributed by atoms with van der Waals surface area (Å²) in [6, 6.07) is 20.1. The molecular weight excluding hydrogens is 274 g/mol. The highest BCUT2D eigenvalue weighted by Crippen LogP contribution is 2.32. The SMILES string of the molecule is CC(NC(=O)c1ccccc1)c1c(O)ccc2ccccc12. The molecule has 0 radical (unpaired) electrons. The molecule has 3 nitrogen and oxygen atoms in total. The number of phenolic OH excluding ortho intramolecular Hbond substituents is 1. The van der Waals surface area contributed by atoms with Crippen LogP contribution in [0, 0.1) is 0 Å². The number of fused-ring (bicyclic) bond motifs is 1. The van der Waals surface area contributed by atoms with E-state index >= 15 is 0 Å². The van der Waals surface area contributed by atoms with Gasteiger partial charge in [0, 0.05) is 11.1 Å². The molecule has 0 aromatic heterocycles. The average molecular weight is 291 g/mol. The van der Waals surface area contributed by atoms with Crippen molar-refractivity contribution in [2.24, 2.45) is 0 Å². The first-order valence-electron chi connectivity index (χ1n) is 7.23. The summed E-state index contributed by atoms with van der Waals surface area (Å²) in [5.74, 6) is 0.0417. The van der Waals surface area contributed by atoms with Crippen LogP contribution in [-0.4, -0.2) is 11.0 Å². The van der Waals surface area contributed by atoms with Crippen LogP contribution >= 0.6 is 0 Å². The molecule has 110 valence electrons. The van der Waals surface area contributed by atoms with Gasteiger partial charge in [-0.25, -0.2) is 0 Å². The van der Waals surface area contributed by atoms with Gasteiger partial charge in [-0.3, -0.25) is 4.79 Å². The van der Waals surface area contributed by atoms with Crippen molar-refractivity contribution in [2.45, 2.75) is 13.0 Å². The highest BCUT2D eigenvalue weighted by Gasteiger charge is 2.17. The second-order valence-electron chi connectivity index (χ2n) is 5.28. The minimum atomic E-state index is -0.293. The first kappa shape index (κ1) is 14.1. The molecule has 0 saturated carbocycles. The van der Waals surface area contributed by atoms with Crippen LogP contribution in [0.4, 0.5) is 0 Å². The number of carbonyl (C=O) groups excluding carboxylic acids is 1. The Morgan fingerprint density at radius 2 is 1.64 bits per heavy atom. The summed E-state index contributed by atoms with van der Waals surface area (Å²) in [5, 5.41) is 15.1. The number of hydrogen-bond acceptors (Lipinski definition) is 2. The van der Waals surface area contributed by atoms with E-state index in [4.69, 9.17) is 0 Å². The molecule has 0 fully saturated rings. The molecule has 0 saturated heterocycles. The molecule has 3 heteroatoms. The number of nitrogens with one attached hydrogen (secondary N) is 1. The van der Waals surface area contributed by atoms with Crippen LogP contribution in [0.25, 0.3) is 10.8 Å². The summed E-state index contributed by atoms with van der Waals surface area (Å²) >= 11 is 0. The van der Waals surface area contributed by atoms with Gasteiger partial charge in [-0.05, 0) is 35.9 Å². The Kier molecular flexibility index (Phi) is 3.79. The Morgan fingerprint density at radius 1 is 0.955 bits per heavy atom. The lowest BCUT2D eigenvalue weighted by atomic mass is 9.98. The van der Waals surface area contributed by atoms with Gasteiger partial charge in [0.05, 0.1) is 6.04 Å². The largest absolute Gasteiger partial charge is 0.508 e. The van der Waals surface area contributed by atoms with Gasteiger partial charge in [-0.15, -0.1) is 0 Å². The summed E-state index contributed by atoms with van der Waals surface area (Å²) < 4.78 is 0. The second-order valence-corrected chi connectivity index (χ2v) is 5.28. The maximum Gasteiger partial charge on any atom is 0.251 e. The lowest BCUT2D eigenvalue weighted by Gasteiger charge is -2.18. The zero-order valence-corrected chi connectivity index (χ0v) is 12.3. The van der Waals surface area contributed by atoms with Gasteiger partial charge in [0.1, 0.15) is 5.75 Å². The van der Waals surface area contributed by atoms with E-state index in [2.05, 4.69) is 5.32 Å². The van der Waals surface area contributed by atoms with Gasteiger partial charge in [-0.2, -0.15) is 0 Å². The molecule has 3 rings (SSSR count). The van der Waals surface area contributed by atoms with Crippen molar-refractivity contribution >= 4 is 16.7 Å². The Labute approximate surface area is 129 Å². The van der Waals surface area contributed by atoms with Crippen LogP contribution in [0.3, 0.4) is 0 Å². The molecule has 1 amide bonds. The van der Waals surface area contributed by atoms with E-state index in [1.807, 2.05) is 55.5 Å². The van der Waals surface area contributed by atoms with Gasteiger partial charge < -0.3 is 10.4 Å². The van der Waals surface area contributed by atoms with Crippen LogP contribution < -0.4 is 5.32 Å². The van der Waals surface area contributed by atoms with Crippen molar-refractivity contribution in [1.29, 1.82) is 0 Å². The molecule has 3 aromatic carbocycles. The van der Waals surface area contributed by atoms with Gasteiger partial charge >= 0.3 is 0 Å². The van der Waals surface area contributed by atoms with E-state index in [-0.39, 0.29) is 17.7 Å². The molecule has 1 unspecified atom stereocenters. The minimum Gasteiger partial charge on any atom is -0.508 e. The monoisotopic (exact) mass is 291 g/mol. The molecule has 0 heterocycles. The van der Waals surface area contributed by atoms with Crippen LogP contribution in [0.1, 0.15) is 28.9 Å². The summed E-state index contributed by atoms with van der Waals surface area (Å²) in [4.78, 5) is 12.3. The predicted molar refractivity (Wildman–Crippen MR) is 87.9 cm³/mol. The fraction of sp³-hybridized carbons (Fsp3) is 0.105. The number of amides is 1. The zero-order valence-electron chi connectivity index (χ0n) is 12.3. The smallest absolute Gasteiger partial charge is 0.251 e. The van der Waals surface area contributed by atoms with Crippen LogP contribution in [0.5, 0.6) is 5.75 Å². The molecule has 0 spiro atoms. The highest BCUT2D eigenvalue weighted by atomic mass is 16.3. The van der Waals surface area contributed by atoms with Gasteiger partial charge in [0.2, 0.25) is 0 Å².